The molecule has 0 amide bonds. The zero-order valence-electron chi connectivity index (χ0n) is 21.8. The Kier molecular flexibility index (Phi) is 11.0. The first kappa shape index (κ1) is 29.2. The van der Waals surface area contributed by atoms with Gasteiger partial charge in [-0.1, -0.05) is 82.3 Å². The molecule has 0 saturated carbocycles. The molecule has 3 aromatic rings. The first-order valence-electron chi connectivity index (χ1n) is 12.4. The summed E-state index contributed by atoms with van der Waals surface area (Å²) in [5.74, 6) is 0.573. The fraction of sp³-hybridized carbons (Fsp3) is 0.400. The molecule has 1 nitrogen and oxygen atoms in total. The lowest BCUT2D eigenvalue weighted by Crippen LogP contribution is -3.00. The monoisotopic (exact) mass is 604 g/mol. The van der Waals surface area contributed by atoms with Crippen molar-refractivity contribution in [3.8, 4) is 0 Å². The highest BCUT2D eigenvalue weighted by atomic mass is 127. The van der Waals surface area contributed by atoms with Crippen molar-refractivity contribution in [1.82, 2.24) is 0 Å². The summed E-state index contributed by atoms with van der Waals surface area (Å²) in [6, 6.07) is 33.7. The van der Waals surface area contributed by atoms with Crippen LogP contribution in [0, 0.1) is 5.92 Å². The lowest BCUT2D eigenvalue weighted by Gasteiger charge is -2.37. The highest BCUT2D eigenvalue weighted by Gasteiger charge is 2.44. The minimum atomic E-state index is -1.72. The van der Waals surface area contributed by atoms with E-state index in [1.165, 1.54) is 34.9 Å². The van der Waals surface area contributed by atoms with Crippen LogP contribution in [-0.2, 0) is 4.43 Å². The summed E-state index contributed by atoms with van der Waals surface area (Å²) in [7, 11) is -3.41. The minimum absolute atomic E-state index is 0. The second-order valence-corrected chi connectivity index (χ2v) is 19.3. The average Bonchev–Trinajstić information content (AvgIpc) is 2.82. The molecule has 1 atom stereocenters. The second kappa shape index (κ2) is 12.8. The molecule has 0 unspecified atom stereocenters. The Morgan fingerprint density at radius 2 is 1.12 bits per heavy atom. The summed E-state index contributed by atoms with van der Waals surface area (Å²) in [5, 5.41) is 4.70. The van der Waals surface area contributed by atoms with Crippen molar-refractivity contribution in [3.63, 3.8) is 0 Å². The SMILES string of the molecule is C[C@@H](CCC[P+](c1ccccc1)(c1ccccc1)c1ccccc1)CO[Si](C)(C)C(C)(C)C.[I-]. The lowest BCUT2D eigenvalue weighted by molar-refractivity contribution is -0.00000776. The van der Waals surface area contributed by atoms with Crippen LogP contribution >= 0.6 is 7.26 Å². The molecule has 0 spiro atoms. The van der Waals surface area contributed by atoms with Gasteiger partial charge in [0.2, 0.25) is 0 Å². The van der Waals surface area contributed by atoms with E-state index in [1.54, 1.807) is 0 Å². The Morgan fingerprint density at radius 1 is 0.735 bits per heavy atom. The van der Waals surface area contributed by atoms with E-state index in [0.717, 1.165) is 6.61 Å². The number of hydrogen-bond donors (Lipinski definition) is 0. The zero-order chi connectivity index (χ0) is 24.0. The van der Waals surface area contributed by atoms with E-state index in [4.69, 9.17) is 4.43 Å². The first-order valence-corrected chi connectivity index (χ1v) is 17.2. The maximum atomic E-state index is 6.54. The molecule has 0 radical (unpaired) electrons. The molecule has 0 saturated heterocycles. The fourth-order valence-electron chi connectivity index (χ4n) is 4.21. The van der Waals surface area contributed by atoms with Crippen LogP contribution in [0.3, 0.4) is 0 Å². The Bertz CT molecular complexity index is 874. The van der Waals surface area contributed by atoms with Gasteiger partial charge in [0.15, 0.2) is 8.32 Å². The molecule has 0 bridgehead atoms. The number of halogens is 1. The van der Waals surface area contributed by atoms with Gasteiger partial charge in [0.25, 0.3) is 0 Å². The van der Waals surface area contributed by atoms with Crippen molar-refractivity contribution in [3.05, 3.63) is 91.0 Å². The molecule has 0 aliphatic carbocycles. The van der Waals surface area contributed by atoms with Crippen LogP contribution in [-0.4, -0.2) is 21.1 Å². The molecule has 3 rings (SSSR count). The molecule has 0 aromatic heterocycles. The molecule has 0 N–H and O–H groups in total. The van der Waals surface area contributed by atoms with Crippen LogP contribution in [0.1, 0.15) is 40.5 Å². The van der Waals surface area contributed by atoms with Crippen molar-refractivity contribution in [1.29, 1.82) is 0 Å². The summed E-state index contributed by atoms with van der Waals surface area (Å²) in [4.78, 5) is 0. The van der Waals surface area contributed by atoms with E-state index in [-0.39, 0.29) is 29.0 Å². The van der Waals surface area contributed by atoms with Gasteiger partial charge in [-0.2, -0.15) is 0 Å². The molecular weight excluding hydrogens is 562 g/mol. The molecule has 0 aliphatic rings. The average molecular weight is 605 g/mol. The Balaban J connectivity index is 0.00000408. The van der Waals surface area contributed by atoms with E-state index in [1.807, 2.05) is 0 Å². The van der Waals surface area contributed by atoms with Gasteiger partial charge in [0, 0.05) is 6.61 Å². The maximum absolute atomic E-state index is 6.54. The summed E-state index contributed by atoms with van der Waals surface area (Å²) >= 11 is 0. The van der Waals surface area contributed by atoms with Crippen LogP contribution in [0.15, 0.2) is 91.0 Å². The maximum Gasteiger partial charge on any atom is 0.191 e. The minimum Gasteiger partial charge on any atom is -1.00 e. The number of hydrogen-bond acceptors (Lipinski definition) is 1. The van der Waals surface area contributed by atoms with Gasteiger partial charge in [-0.3, -0.25) is 0 Å². The normalized spacial score (nSPS) is 13.2. The molecule has 3 aromatic carbocycles. The van der Waals surface area contributed by atoms with Gasteiger partial charge >= 0.3 is 0 Å². The first-order chi connectivity index (χ1) is 15.7. The summed E-state index contributed by atoms with van der Waals surface area (Å²) in [5.41, 5.74) is 0. The Hall–Kier alpha value is -1.00. The predicted octanol–water partition coefficient (Wildman–Crippen LogP) is 4.42. The van der Waals surface area contributed by atoms with Crippen molar-refractivity contribution < 1.29 is 28.4 Å². The van der Waals surface area contributed by atoms with E-state index in [2.05, 4.69) is 132 Å². The Morgan fingerprint density at radius 3 is 1.47 bits per heavy atom. The molecule has 4 heteroatoms. The van der Waals surface area contributed by atoms with E-state index in [9.17, 15) is 0 Å². The van der Waals surface area contributed by atoms with Crippen LogP contribution in [0.2, 0.25) is 18.1 Å². The van der Waals surface area contributed by atoms with Crippen molar-refractivity contribution in [2.45, 2.75) is 58.7 Å². The molecule has 0 fully saturated rings. The van der Waals surface area contributed by atoms with Gasteiger partial charge in [-0.05, 0) is 73.3 Å². The number of rotatable bonds is 10. The van der Waals surface area contributed by atoms with E-state index >= 15 is 0 Å². The van der Waals surface area contributed by atoms with Gasteiger partial charge in [-0.15, -0.1) is 0 Å². The smallest absolute Gasteiger partial charge is 0.191 e. The summed E-state index contributed by atoms with van der Waals surface area (Å²) < 4.78 is 6.54. The zero-order valence-corrected chi connectivity index (χ0v) is 25.9. The molecule has 34 heavy (non-hydrogen) atoms. The third-order valence-electron chi connectivity index (χ3n) is 7.32. The third kappa shape index (κ3) is 7.03. The molecular formula is C30H42IOPSi. The predicted molar refractivity (Wildman–Crippen MR) is 152 cm³/mol. The van der Waals surface area contributed by atoms with Gasteiger partial charge < -0.3 is 28.4 Å². The third-order valence-corrected chi connectivity index (χ3v) is 16.3. The standard InChI is InChI=1S/C30H42OPSi.HI/c1-26(25-31-33(5,6)30(2,3)4)17-16-24-32(27-18-10-7-11-19-27,28-20-12-8-13-21-28)29-22-14-9-15-23-29;/h7-15,18-23,26H,16-17,24-25H2,1-6H3;1H/q+1;/p-1/t26-;/m0./s1. The lowest BCUT2D eigenvalue weighted by atomic mass is 10.1. The molecule has 0 aliphatic heterocycles. The molecule has 184 valence electrons. The topological polar surface area (TPSA) is 9.23 Å². The van der Waals surface area contributed by atoms with Crippen LogP contribution in [0.25, 0.3) is 0 Å². The quantitative estimate of drug-likeness (QED) is 0.189. The van der Waals surface area contributed by atoms with Crippen LogP contribution in [0.4, 0.5) is 0 Å². The van der Waals surface area contributed by atoms with Crippen molar-refractivity contribution in [2.24, 2.45) is 5.92 Å². The highest BCUT2D eigenvalue weighted by Crippen LogP contribution is 2.56. The summed E-state index contributed by atoms with van der Waals surface area (Å²) in [6.45, 7) is 14.9. The second-order valence-electron chi connectivity index (χ2n) is 10.9. The van der Waals surface area contributed by atoms with Crippen LogP contribution in [0.5, 0.6) is 0 Å². The fourth-order valence-corrected chi connectivity index (χ4v) is 9.71. The van der Waals surface area contributed by atoms with E-state index < -0.39 is 15.6 Å². The summed E-state index contributed by atoms with van der Waals surface area (Å²) in [6.07, 6.45) is 3.59. The van der Waals surface area contributed by atoms with Gasteiger partial charge in [-0.25, -0.2) is 0 Å². The van der Waals surface area contributed by atoms with Crippen molar-refractivity contribution in [2.75, 3.05) is 12.8 Å². The van der Waals surface area contributed by atoms with Crippen molar-refractivity contribution >= 4 is 31.5 Å². The molecule has 0 heterocycles. The van der Waals surface area contributed by atoms with E-state index in [0.29, 0.717) is 5.92 Å². The van der Waals surface area contributed by atoms with Gasteiger partial charge in [0.05, 0.1) is 6.16 Å². The highest BCUT2D eigenvalue weighted by molar-refractivity contribution is 7.95. The van der Waals surface area contributed by atoms with Gasteiger partial charge in [0.1, 0.15) is 23.2 Å². The largest absolute Gasteiger partial charge is 1.00 e. The Labute approximate surface area is 227 Å². The van der Waals surface area contributed by atoms with Crippen LogP contribution < -0.4 is 39.9 Å². The number of benzene rings is 3.